The lowest BCUT2D eigenvalue weighted by Gasteiger charge is -2.18. The minimum Gasteiger partial charge on any atom is -0.487 e. The van der Waals surface area contributed by atoms with E-state index in [1.54, 1.807) is 19.2 Å². The first kappa shape index (κ1) is 45.6. The van der Waals surface area contributed by atoms with Crippen LogP contribution in [0.1, 0.15) is 21.5 Å². The molecule has 0 amide bonds. The Morgan fingerprint density at radius 1 is 0.418 bits per heavy atom. The largest absolute Gasteiger partial charge is 0.487 e. The van der Waals surface area contributed by atoms with Gasteiger partial charge in [-0.25, -0.2) is 4.79 Å². The van der Waals surface area contributed by atoms with Gasteiger partial charge < -0.3 is 61.6 Å². The molecule has 3 rings (SSSR count). The van der Waals surface area contributed by atoms with E-state index in [1.165, 1.54) is 7.11 Å². The number of carbonyl (C=O) groups excluding carboxylic acids is 1. The number of carbonyl (C=O) groups is 1. The van der Waals surface area contributed by atoms with Gasteiger partial charge in [-0.3, -0.25) is 0 Å². The van der Waals surface area contributed by atoms with Crippen LogP contribution in [0.3, 0.4) is 0 Å². The maximum absolute atomic E-state index is 12.6. The summed E-state index contributed by atoms with van der Waals surface area (Å²) in [6, 6.07) is 23.1. The molecule has 0 spiro atoms. The van der Waals surface area contributed by atoms with Crippen molar-refractivity contribution < 1.29 is 66.4 Å². The van der Waals surface area contributed by atoms with Gasteiger partial charge in [-0.05, 0) is 23.3 Å². The van der Waals surface area contributed by atoms with Gasteiger partial charge in [-0.2, -0.15) is 0 Å². The van der Waals surface area contributed by atoms with Crippen LogP contribution in [0.5, 0.6) is 17.2 Å². The highest BCUT2D eigenvalue weighted by Crippen LogP contribution is 2.39. The Labute approximate surface area is 325 Å². The first-order valence-corrected chi connectivity index (χ1v) is 18.5. The minimum atomic E-state index is -0.555. The first-order chi connectivity index (χ1) is 27.2. The Balaban J connectivity index is 1.42. The molecule has 0 aromatic heterocycles. The summed E-state index contributed by atoms with van der Waals surface area (Å²) in [4.78, 5) is 12.6. The van der Waals surface area contributed by atoms with Crippen molar-refractivity contribution in [3.8, 4) is 17.2 Å². The summed E-state index contributed by atoms with van der Waals surface area (Å²) in [7, 11) is 2.92. The van der Waals surface area contributed by atoms with Gasteiger partial charge >= 0.3 is 5.97 Å². The van der Waals surface area contributed by atoms with E-state index >= 15 is 0 Å². The number of hydrogen-bond acceptors (Lipinski definition) is 14. The normalized spacial score (nSPS) is 11.1. The predicted octanol–water partition coefficient (Wildman–Crippen LogP) is 4.79. The number of esters is 1. The van der Waals surface area contributed by atoms with E-state index in [0.29, 0.717) is 110 Å². The van der Waals surface area contributed by atoms with Crippen molar-refractivity contribution in [1.29, 1.82) is 0 Å². The topological polar surface area (TPSA) is 137 Å². The molecule has 0 aliphatic carbocycles. The smallest absolute Gasteiger partial charge is 0.338 e. The Hall–Kier alpha value is -3.83. The molecule has 0 radical (unpaired) electrons. The molecule has 0 bridgehead atoms. The maximum atomic E-state index is 12.6. The highest BCUT2D eigenvalue weighted by molar-refractivity contribution is 5.91. The minimum absolute atomic E-state index is 0.176. The molecule has 0 N–H and O–H groups in total. The van der Waals surface area contributed by atoms with Crippen LogP contribution in [0.15, 0.2) is 72.8 Å². The van der Waals surface area contributed by atoms with Gasteiger partial charge in [0.05, 0.1) is 125 Å². The monoisotopic (exact) mass is 774 g/mol. The molecule has 14 heteroatoms. The zero-order valence-corrected chi connectivity index (χ0v) is 32.3. The fraction of sp³-hybridized carbons (Fsp3) is 0.537. The van der Waals surface area contributed by atoms with Crippen molar-refractivity contribution in [1.82, 2.24) is 0 Å². The summed E-state index contributed by atoms with van der Waals surface area (Å²) < 4.78 is 73.1. The Morgan fingerprint density at radius 2 is 0.764 bits per heavy atom. The second-order valence-electron chi connectivity index (χ2n) is 11.6. The number of hydrogen-bond donors (Lipinski definition) is 0. The van der Waals surface area contributed by atoms with E-state index in [4.69, 9.17) is 61.6 Å². The second kappa shape index (κ2) is 31.4. The van der Waals surface area contributed by atoms with E-state index < -0.39 is 5.97 Å². The molecule has 0 saturated carbocycles. The lowest BCUT2D eigenvalue weighted by atomic mass is 10.2. The summed E-state index contributed by atoms with van der Waals surface area (Å²) in [5, 5.41) is 0. The molecule has 0 aliphatic rings. The quantitative estimate of drug-likeness (QED) is 0.0599. The number of ether oxygens (including phenoxy) is 13. The Morgan fingerprint density at radius 3 is 1.15 bits per heavy atom. The van der Waals surface area contributed by atoms with Gasteiger partial charge in [-0.1, -0.05) is 60.7 Å². The number of rotatable bonds is 35. The summed E-state index contributed by atoms with van der Waals surface area (Å²) in [6.45, 7) is 7.76. The van der Waals surface area contributed by atoms with Crippen LogP contribution in [0.25, 0.3) is 0 Å². The number of benzene rings is 3. The summed E-state index contributed by atoms with van der Waals surface area (Å²) >= 11 is 0. The van der Waals surface area contributed by atoms with Crippen molar-refractivity contribution in [3.63, 3.8) is 0 Å². The van der Waals surface area contributed by atoms with Gasteiger partial charge in [0, 0.05) is 7.11 Å². The van der Waals surface area contributed by atoms with Gasteiger partial charge in [-0.15, -0.1) is 0 Å². The van der Waals surface area contributed by atoms with Crippen LogP contribution < -0.4 is 14.2 Å². The Bertz CT molecular complexity index is 1360. The zero-order valence-electron chi connectivity index (χ0n) is 32.3. The lowest BCUT2D eigenvalue weighted by Crippen LogP contribution is -2.16. The fourth-order valence-electron chi connectivity index (χ4n) is 4.67. The van der Waals surface area contributed by atoms with E-state index in [1.807, 2.05) is 60.7 Å². The van der Waals surface area contributed by atoms with E-state index in [0.717, 1.165) is 11.1 Å². The molecule has 3 aromatic carbocycles. The Kier molecular flexibility index (Phi) is 26.0. The molecule has 0 aliphatic heterocycles. The van der Waals surface area contributed by atoms with Crippen LogP contribution >= 0.6 is 0 Å². The van der Waals surface area contributed by atoms with Gasteiger partial charge in [0.1, 0.15) is 19.8 Å². The molecule has 0 saturated heterocycles. The average molecular weight is 775 g/mol. The van der Waals surface area contributed by atoms with E-state index in [9.17, 15) is 4.79 Å². The van der Waals surface area contributed by atoms with E-state index in [-0.39, 0.29) is 45.2 Å². The standard InChI is InChI=1S/C41H58O14/c1-43-13-14-45-15-18-48-25-28-53-38-31-37(41(42)44-2)32-39(54-29-26-49-19-16-46-21-23-51-33-35-9-5-3-6-10-35)40(38)55-30-27-50-20-17-47-22-24-52-34-36-11-7-4-8-12-36/h3-12,31-32H,13-30,33-34H2,1-2H3. The second-order valence-corrected chi connectivity index (χ2v) is 11.6. The molecule has 0 heterocycles. The van der Waals surface area contributed by atoms with Gasteiger partial charge in [0.15, 0.2) is 11.5 Å². The highest BCUT2D eigenvalue weighted by Gasteiger charge is 2.20. The van der Waals surface area contributed by atoms with Crippen LogP contribution in [0.4, 0.5) is 0 Å². The van der Waals surface area contributed by atoms with Crippen LogP contribution in [-0.4, -0.2) is 139 Å². The molecule has 55 heavy (non-hydrogen) atoms. The molecular weight excluding hydrogens is 716 g/mol. The predicted molar refractivity (Wildman–Crippen MR) is 203 cm³/mol. The molecule has 0 fully saturated rings. The van der Waals surface area contributed by atoms with Crippen molar-refractivity contribution in [2.45, 2.75) is 13.2 Å². The number of methoxy groups -OCH3 is 2. The third-order valence-electron chi connectivity index (χ3n) is 7.40. The SMILES string of the molecule is COCCOCCOCCOc1cc(C(=O)OC)cc(OCCOCCOCCOCc2ccccc2)c1OCCOCCOCCOCc1ccccc1. The third kappa shape index (κ3) is 21.7. The highest BCUT2D eigenvalue weighted by atomic mass is 16.6. The summed E-state index contributed by atoms with van der Waals surface area (Å²) in [6.07, 6.45) is 0. The van der Waals surface area contributed by atoms with Crippen LogP contribution in [0, 0.1) is 0 Å². The molecule has 3 aromatic rings. The lowest BCUT2D eigenvalue weighted by molar-refractivity contribution is 0.00428. The molecule has 306 valence electrons. The summed E-state index contributed by atoms with van der Waals surface area (Å²) in [5.74, 6) is 0.338. The molecular formula is C41H58O14. The van der Waals surface area contributed by atoms with Crippen molar-refractivity contribution in [2.24, 2.45) is 0 Å². The van der Waals surface area contributed by atoms with Gasteiger partial charge in [0.25, 0.3) is 0 Å². The van der Waals surface area contributed by atoms with Gasteiger partial charge in [0.2, 0.25) is 5.75 Å². The van der Waals surface area contributed by atoms with Crippen LogP contribution in [0.2, 0.25) is 0 Å². The van der Waals surface area contributed by atoms with Crippen molar-refractivity contribution in [2.75, 3.05) is 133 Å². The first-order valence-electron chi connectivity index (χ1n) is 18.5. The fourth-order valence-corrected chi connectivity index (χ4v) is 4.67. The molecule has 14 nitrogen and oxygen atoms in total. The summed E-state index contributed by atoms with van der Waals surface area (Å²) in [5.41, 5.74) is 2.47. The zero-order chi connectivity index (χ0) is 38.9. The molecule has 0 atom stereocenters. The van der Waals surface area contributed by atoms with Crippen molar-refractivity contribution >= 4 is 5.97 Å². The molecule has 0 unspecified atom stereocenters. The van der Waals surface area contributed by atoms with Crippen molar-refractivity contribution in [3.05, 3.63) is 89.5 Å². The maximum Gasteiger partial charge on any atom is 0.338 e. The third-order valence-corrected chi connectivity index (χ3v) is 7.40. The van der Waals surface area contributed by atoms with Crippen LogP contribution in [-0.2, 0) is 60.6 Å². The average Bonchev–Trinajstić information content (AvgIpc) is 3.22. The van der Waals surface area contributed by atoms with E-state index in [2.05, 4.69) is 0 Å².